The second-order valence-electron chi connectivity index (χ2n) is 5.95. The highest BCUT2D eigenvalue weighted by atomic mass is 32.2. The average Bonchev–Trinajstić information content (AvgIpc) is 3.25. The summed E-state index contributed by atoms with van der Waals surface area (Å²) in [5, 5.41) is 8.24. The zero-order chi connectivity index (χ0) is 20.7. The Hall–Kier alpha value is -2.47. The molecule has 0 unspecified atom stereocenters. The Morgan fingerprint density at radius 1 is 1.34 bits per heavy atom. The van der Waals surface area contributed by atoms with Crippen molar-refractivity contribution in [3.8, 4) is 5.75 Å². The number of morpholine rings is 1. The lowest BCUT2D eigenvalue weighted by Gasteiger charge is -2.26. The topological polar surface area (TPSA) is 107 Å². The van der Waals surface area contributed by atoms with Crippen LogP contribution in [0, 0.1) is 0 Å². The Labute approximate surface area is 172 Å². The van der Waals surface area contributed by atoms with Gasteiger partial charge in [-0.15, -0.1) is 11.3 Å². The number of oxime groups is 1. The summed E-state index contributed by atoms with van der Waals surface area (Å²) in [6.45, 7) is 0.939. The quantitative estimate of drug-likeness (QED) is 0.496. The lowest BCUT2D eigenvalue weighted by molar-refractivity contribution is -0.120. The molecule has 1 amide bonds. The van der Waals surface area contributed by atoms with E-state index >= 15 is 0 Å². The summed E-state index contributed by atoms with van der Waals surface area (Å²) < 4.78 is 37.4. The number of hydrogen-bond acceptors (Lipinski definition) is 8. The Morgan fingerprint density at radius 3 is 2.83 bits per heavy atom. The Bertz CT molecular complexity index is 954. The highest BCUT2D eigenvalue weighted by molar-refractivity contribution is 7.89. The van der Waals surface area contributed by atoms with E-state index in [4.69, 9.17) is 14.3 Å². The molecular formula is C18H21N3O6S2. The minimum Gasteiger partial charge on any atom is -0.495 e. The van der Waals surface area contributed by atoms with Gasteiger partial charge in [0.2, 0.25) is 10.0 Å². The average molecular weight is 440 g/mol. The maximum atomic E-state index is 12.8. The first-order chi connectivity index (χ1) is 14.0. The number of sulfonamides is 1. The zero-order valence-electron chi connectivity index (χ0n) is 15.7. The standard InChI is InChI=1S/C18H21N3O6S2/c1-25-17-5-4-15(29(23,24)21-6-8-26-9-7-21)11-16(17)20-18(22)13-27-19-12-14-3-2-10-28-14/h2-5,10-12H,6-9,13H2,1H3,(H,20,22)/b19-12+. The molecule has 1 aromatic heterocycles. The number of thiophene rings is 1. The molecule has 3 rings (SSSR count). The van der Waals surface area contributed by atoms with Gasteiger partial charge in [-0.1, -0.05) is 11.2 Å². The summed E-state index contributed by atoms with van der Waals surface area (Å²) in [4.78, 5) is 18.1. The smallest absolute Gasteiger partial charge is 0.265 e. The molecular weight excluding hydrogens is 418 g/mol. The normalized spacial score (nSPS) is 15.3. The molecule has 0 radical (unpaired) electrons. The summed E-state index contributed by atoms with van der Waals surface area (Å²) in [5.74, 6) is -0.158. The van der Waals surface area contributed by atoms with Gasteiger partial charge < -0.3 is 19.6 Å². The SMILES string of the molecule is COc1ccc(S(=O)(=O)N2CCOCC2)cc1NC(=O)CO/N=C/c1cccs1. The molecule has 1 aromatic carbocycles. The van der Waals surface area contributed by atoms with Gasteiger partial charge in [0.05, 0.1) is 37.1 Å². The van der Waals surface area contributed by atoms with Gasteiger partial charge in [0.15, 0.2) is 6.61 Å². The first-order valence-electron chi connectivity index (χ1n) is 8.75. The fourth-order valence-corrected chi connectivity index (χ4v) is 4.63. The lowest BCUT2D eigenvalue weighted by atomic mass is 10.3. The molecule has 9 nitrogen and oxygen atoms in total. The number of ether oxygens (including phenoxy) is 2. The van der Waals surface area contributed by atoms with Gasteiger partial charge in [0.1, 0.15) is 5.75 Å². The number of amides is 1. The van der Waals surface area contributed by atoms with Crippen LogP contribution in [0.1, 0.15) is 4.88 Å². The molecule has 1 aliphatic rings. The van der Waals surface area contributed by atoms with E-state index in [-0.39, 0.29) is 30.3 Å². The van der Waals surface area contributed by atoms with Crippen LogP contribution in [-0.2, 0) is 24.4 Å². The molecule has 0 atom stereocenters. The number of nitrogens with zero attached hydrogens (tertiary/aromatic N) is 2. The fraction of sp³-hybridized carbons (Fsp3) is 0.333. The molecule has 0 saturated carbocycles. The number of rotatable bonds is 8. The molecule has 11 heteroatoms. The molecule has 2 heterocycles. The van der Waals surface area contributed by atoms with Crippen LogP contribution in [0.15, 0.2) is 45.8 Å². The van der Waals surface area contributed by atoms with Gasteiger partial charge in [0, 0.05) is 18.0 Å². The molecule has 1 aliphatic heterocycles. The molecule has 0 spiro atoms. The third-order valence-corrected chi connectivity index (χ3v) is 6.75. The van der Waals surface area contributed by atoms with E-state index in [2.05, 4.69) is 10.5 Å². The van der Waals surface area contributed by atoms with Gasteiger partial charge in [-0.05, 0) is 29.6 Å². The van der Waals surface area contributed by atoms with Gasteiger partial charge in [-0.3, -0.25) is 4.79 Å². The van der Waals surface area contributed by atoms with E-state index in [1.165, 1.54) is 47.2 Å². The van der Waals surface area contributed by atoms with Crippen molar-refractivity contribution in [1.82, 2.24) is 4.31 Å². The van der Waals surface area contributed by atoms with Crippen molar-refractivity contribution in [2.24, 2.45) is 5.16 Å². The van der Waals surface area contributed by atoms with Crippen LogP contribution in [0.25, 0.3) is 0 Å². The molecule has 2 aromatic rings. The van der Waals surface area contributed by atoms with Crippen LogP contribution < -0.4 is 10.1 Å². The summed E-state index contributed by atoms with van der Waals surface area (Å²) in [5.41, 5.74) is 0.234. The summed E-state index contributed by atoms with van der Waals surface area (Å²) in [6, 6.07) is 8.06. The van der Waals surface area contributed by atoms with Crippen molar-refractivity contribution in [2.75, 3.05) is 45.3 Å². The summed E-state index contributed by atoms with van der Waals surface area (Å²) in [6.07, 6.45) is 1.51. The van der Waals surface area contributed by atoms with Crippen molar-refractivity contribution in [3.63, 3.8) is 0 Å². The third kappa shape index (κ3) is 5.54. The molecule has 0 bridgehead atoms. The fourth-order valence-electron chi connectivity index (χ4n) is 2.62. The highest BCUT2D eigenvalue weighted by Crippen LogP contribution is 2.29. The maximum absolute atomic E-state index is 12.8. The van der Waals surface area contributed by atoms with Crippen LogP contribution in [0.4, 0.5) is 5.69 Å². The van der Waals surface area contributed by atoms with E-state index in [1.54, 1.807) is 0 Å². The van der Waals surface area contributed by atoms with E-state index in [0.717, 1.165) is 4.88 Å². The molecule has 1 N–H and O–H groups in total. The van der Waals surface area contributed by atoms with Crippen molar-refractivity contribution in [3.05, 3.63) is 40.6 Å². The number of hydrogen-bond donors (Lipinski definition) is 1. The highest BCUT2D eigenvalue weighted by Gasteiger charge is 2.27. The van der Waals surface area contributed by atoms with Crippen LogP contribution in [0.3, 0.4) is 0 Å². The number of nitrogens with one attached hydrogen (secondary N) is 1. The van der Waals surface area contributed by atoms with Gasteiger partial charge in [0.25, 0.3) is 5.91 Å². The monoisotopic (exact) mass is 439 g/mol. The Morgan fingerprint density at radius 2 is 2.14 bits per heavy atom. The van der Waals surface area contributed by atoms with E-state index in [9.17, 15) is 13.2 Å². The zero-order valence-corrected chi connectivity index (χ0v) is 17.4. The van der Waals surface area contributed by atoms with Gasteiger partial charge in [-0.2, -0.15) is 4.31 Å². The van der Waals surface area contributed by atoms with Crippen molar-refractivity contribution in [1.29, 1.82) is 0 Å². The molecule has 29 heavy (non-hydrogen) atoms. The first-order valence-corrected chi connectivity index (χ1v) is 11.1. The number of benzene rings is 1. The molecule has 1 fully saturated rings. The first kappa shape index (κ1) is 21.2. The van der Waals surface area contributed by atoms with Crippen molar-refractivity contribution >= 4 is 39.2 Å². The number of carbonyl (C=O) groups is 1. The van der Waals surface area contributed by atoms with Crippen LogP contribution in [0.5, 0.6) is 5.75 Å². The summed E-state index contributed by atoms with van der Waals surface area (Å²) >= 11 is 1.49. The minimum atomic E-state index is -3.70. The molecule has 0 aliphatic carbocycles. The Balaban J connectivity index is 1.67. The van der Waals surface area contributed by atoms with Crippen LogP contribution in [-0.4, -0.2) is 64.9 Å². The van der Waals surface area contributed by atoms with Crippen LogP contribution >= 0.6 is 11.3 Å². The Kier molecular flexibility index (Phi) is 7.20. The van der Waals surface area contributed by atoms with Gasteiger partial charge >= 0.3 is 0 Å². The summed E-state index contributed by atoms with van der Waals surface area (Å²) in [7, 11) is -2.26. The van der Waals surface area contributed by atoms with Crippen LogP contribution in [0.2, 0.25) is 0 Å². The third-order valence-electron chi connectivity index (χ3n) is 4.05. The maximum Gasteiger partial charge on any atom is 0.265 e. The van der Waals surface area contributed by atoms with Gasteiger partial charge in [-0.25, -0.2) is 8.42 Å². The predicted octanol–water partition coefficient (Wildman–Crippen LogP) is 1.77. The van der Waals surface area contributed by atoms with E-state index in [1.807, 2.05) is 17.5 Å². The second kappa shape index (κ2) is 9.83. The largest absolute Gasteiger partial charge is 0.495 e. The predicted molar refractivity (Wildman–Crippen MR) is 109 cm³/mol. The molecule has 1 saturated heterocycles. The lowest BCUT2D eigenvalue weighted by Crippen LogP contribution is -2.40. The minimum absolute atomic E-state index is 0.0622. The number of carbonyl (C=O) groups excluding carboxylic acids is 1. The van der Waals surface area contributed by atoms with E-state index < -0.39 is 15.9 Å². The number of anilines is 1. The van der Waals surface area contributed by atoms with Crippen molar-refractivity contribution < 1.29 is 27.5 Å². The molecule has 156 valence electrons. The second-order valence-corrected chi connectivity index (χ2v) is 8.87. The number of methoxy groups -OCH3 is 1. The van der Waals surface area contributed by atoms with Crippen molar-refractivity contribution in [2.45, 2.75) is 4.90 Å². The van der Waals surface area contributed by atoms with E-state index in [0.29, 0.717) is 19.0 Å².